The topological polar surface area (TPSA) is 67.5 Å². The smallest absolute Gasteiger partial charge is 0.264 e. The van der Waals surface area contributed by atoms with E-state index in [1.54, 1.807) is 48.5 Å². The zero-order valence-electron chi connectivity index (χ0n) is 10.8. The van der Waals surface area contributed by atoms with Crippen molar-refractivity contribution in [3.8, 4) is 0 Å². The molecule has 1 aliphatic rings. The number of nitrogens with zero attached hydrogens (tertiary/aromatic N) is 1. The Morgan fingerprint density at radius 3 is 1.81 bits per heavy atom. The van der Waals surface area contributed by atoms with Crippen LogP contribution in [0.5, 0.6) is 0 Å². The van der Waals surface area contributed by atoms with Gasteiger partial charge in [-0.05, 0) is 12.1 Å². The molecule has 1 heterocycles. The van der Waals surface area contributed by atoms with E-state index in [1.807, 2.05) is 0 Å². The monoisotopic (exact) mass is 319 g/mol. The molecule has 0 saturated carbocycles. The number of amides is 1. The van der Waals surface area contributed by atoms with Crippen molar-refractivity contribution in [2.24, 2.45) is 10.7 Å². The van der Waals surface area contributed by atoms with Gasteiger partial charge in [-0.1, -0.05) is 59.6 Å². The zero-order chi connectivity index (χ0) is 15.0. The Kier molecular flexibility index (Phi) is 3.35. The van der Waals surface area contributed by atoms with Crippen molar-refractivity contribution in [1.82, 2.24) is 5.32 Å². The Labute approximate surface area is 131 Å². The van der Waals surface area contributed by atoms with Crippen molar-refractivity contribution in [2.75, 3.05) is 0 Å². The predicted octanol–water partition coefficient (Wildman–Crippen LogP) is 2.68. The van der Waals surface area contributed by atoms with Gasteiger partial charge in [-0.15, -0.1) is 0 Å². The van der Waals surface area contributed by atoms with Crippen LogP contribution in [-0.4, -0.2) is 11.9 Å². The molecule has 2 aromatic rings. The quantitative estimate of drug-likeness (QED) is 0.893. The molecular weight excluding hydrogens is 309 g/mol. The number of benzene rings is 2. The molecule has 106 valence electrons. The first-order valence-electron chi connectivity index (χ1n) is 6.22. The summed E-state index contributed by atoms with van der Waals surface area (Å²) in [6.07, 6.45) is 0. The summed E-state index contributed by atoms with van der Waals surface area (Å²) in [6, 6.07) is 14.0. The van der Waals surface area contributed by atoms with Gasteiger partial charge in [0.2, 0.25) is 0 Å². The SMILES string of the molecule is NC1=NC(c2ccccc2Cl)(c2ccccc2Cl)C(=O)N1. The van der Waals surface area contributed by atoms with E-state index in [4.69, 9.17) is 28.9 Å². The second kappa shape index (κ2) is 5.06. The molecule has 0 atom stereocenters. The molecule has 3 N–H and O–H groups in total. The largest absolute Gasteiger partial charge is 0.370 e. The summed E-state index contributed by atoms with van der Waals surface area (Å²) >= 11 is 12.6. The van der Waals surface area contributed by atoms with Crippen LogP contribution in [0, 0.1) is 0 Å². The van der Waals surface area contributed by atoms with Gasteiger partial charge in [-0.2, -0.15) is 0 Å². The van der Waals surface area contributed by atoms with E-state index in [0.29, 0.717) is 21.2 Å². The van der Waals surface area contributed by atoms with Crippen LogP contribution < -0.4 is 11.1 Å². The number of hydrogen-bond acceptors (Lipinski definition) is 3. The minimum atomic E-state index is -1.36. The van der Waals surface area contributed by atoms with Crippen molar-refractivity contribution in [1.29, 1.82) is 0 Å². The lowest BCUT2D eigenvalue weighted by atomic mass is 9.83. The fourth-order valence-corrected chi connectivity index (χ4v) is 3.03. The molecule has 0 fully saturated rings. The number of aliphatic imine (C=N–C) groups is 1. The zero-order valence-corrected chi connectivity index (χ0v) is 12.3. The van der Waals surface area contributed by atoms with Crippen LogP contribution in [0.25, 0.3) is 0 Å². The first kappa shape index (κ1) is 13.9. The van der Waals surface area contributed by atoms with E-state index in [0.717, 1.165) is 0 Å². The van der Waals surface area contributed by atoms with Gasteiger partial charge in [0.15, 0.2) is 11.5 Å². The third-order valence-electron chi connectivity index (χ3n) is 3.39. The number of nitrogens with one attached hydrogen (secondary N) is 1. The second-order valence-corrected chi connectivity index (χ2v) is 5.44. The first-order chi connectivity index (χ1) is 10.1. The van der Waals surface area contributed by atoms with Crippen LogP contribution in [0.3, 0.4) is 0 Å². The minimum absolute atomic E-state index is 0.0415. The van der Waals surface area contributed by atoms with Crippen LogP contribution >= 0.6 is 23.2 Å². The molecule has 0 bridgehead atoms. The van der Waals surface area contributed by atoms with E-state index >= 15 is 0 Å². The molecule has 0 radical (unpaired) electrons. The van der Waals surface area contributed by atoms with Crippen molar-refractivity contribution in [2.45, 2.75) is 5.54 Å². The predicted molar refractivity (Wildman–Crippen MR) is 83.4 cm³/mol. The summed E-state index contributed by atoms with van der Waals surface area (Å²) in [4.78, 5) is 16.9. The molecule has 0 unspecified atom stereocenters. The highest BCUT2D eigenvalue weighted by molar-refractivity contribution is 6.33. The van der Waals surface area contributed by atoms with Gasteiger partial charge in [0.1, 0.15) is 0 Å². The highest BCUT2D eigenvalue weighted by Gasteiger charge is 2.48. The summed E-state index contributed by atoms with van der Waals surface area (Å²) in [5.74, 6) is -0.332. The average molecular weight is 320 g/mol. The van der Waals surface area contributed by atoms with E-state index in [-0.39, 0.29) is 11.9 Å². The van der Waals surface area contributed by atoms with E-state index in [2.05, 4.69) is 10.3 Å². The molecule has 0 aliphatic carbocycles. The van der Waals surface area contributed by atoms with Crippen molar-refractivity contribution in [3.63, 3.8) is 0 Å². The lowest BCUT2D eigenvalue weighted by Gasteiger charge is -2.26. The maximum absolute atomic E-state index is 12.6. The van der Waals surface area contributed by atoms with E-state index in [9.17, 15) is 4.79 Å². The van der Waals surface area contributed by atoms with Gasteiger partial charge in [0.05, 0.1) is 0 Å². The number of hydrogen-bond donors (Lipinski definition) is 2. The Morgan fingerprint density at radius 2 is 1.43 bits per heavy atom. The summed E-state index contributed by atoms with van der Waals surface area (Å²) in [7, 11) is 0. The molecule has 0 saturated heterocycles. The van der Waals surface area contributed by atoms with Gasteiger partial charge >= 0.3 is 0 Å². The fraction of sp³-hybridized carbons (Fsp3) is 0.0667. The molecule has 6 heteroatoms. The molecule has 0 aromatic heterocycles. The third-order valence-corrected chi connectivity index (χ3v) is 4.04. The van der Waals surface area contributed by atoms with Gasteiger partial charge in [-0.25, -0.2) is 4.99 Å². The van der Waals surface area contributed by atoms with Crippen LogP contribution in [0.4, 0.5) is 0 Å². The average Bonchev–Trinajstić information content (AvgIpc) is 2.75. The molecule has 3 rings (SSSR count). The number of carbonyl (C=O) groups is 1. The van der Waals surface area contributed by atoms with Gasteiger partial charge < -0.3 is 5.73 Å². The Bertz CT molecular complexity index is 713. The number of nitrogens with two attached hydrogens (primary N) is 1. The Balaban J connectivity index is 2.36. The number of guanidine groups is 1. The molecule has 21 heavy (non-hydrogen) atoms. The minimum Gasteiger partial charge on any atom is -0.370 e. The molecule has 1 aliphatic heterocycles. The van der Waals surface area contributed by atoms with E-state index in [1.165, 1.54) is 0 Å². The van der Waals surface area contributed by atoms with Gasteiger partial charge in [0.25, 0.3) is 5.91 Å². The van der Waals surface area contributed by atoms with Crippen LogP contribution in [0.15, 0.2) is 53.5 Å². The Morgan fingerprint density at radius 1 is 0.952 bits per heavy atom. The second-order valence-electron chi connectivity index (χ2n) is 4.62. The highest BCUT2D eigenvalue weighted by atomic mass is 35.5. The normalized spacial score (nSPS) is 16.5. The van der Waals surface area contributed by atoms with Gasteiger partial charge in [-0.3, -0.25) is 10.1 Å². The molecular formula is C15H11Cl2N3O. The maximum Gasteiger partial charge on any atom is 0.264 e. The molecule has 1 amide bonds. The molecule has 4 nitrogen and oxygen atoms in total. The molecule has 2 aromatic carbocycles. The standard InChI is InChI=1S/C15H11Cl2N3O/c16-11-7-3-1-5-9(11)15(13(21)19-14(18)20-15)10-6-2-4-8-12(10)17/h1-8H,(H3,18,19,20,21). The summed E-state index contributed by atoms with van der Waals surface area (Å²) in [6.45, 7) is 0. The number of halogens is 2. The third kappa shape index (κ3) is 2.07. The Hall–Kier alpha value is -2.04. The summed E-state index contributed by atoms with van der Waals surface area (Å²) in [5.41, 5.74) is 5.43. The summed E-state index contributed by atoms with van der Waals surface area (Å²) in [5, 5.41) is 3.38. The van der Waals surface area contributed by atoms with Crippen LogP contribution in [0.2, 0.25) is 10.0 Å². The lowest BCUT2D eigenvalue weighted by molar-refractivity contribution is -0.122. The number of rotatable bonds is 2. The highest BCUT2D eigenvalue weighted by Crippen LogP contribution is 2.42. The number of carbonyl (C=O) groups excluding carboxylic acids is 1. The van der Waals surface area contributed by atoms with Crippen LogP contribution in [-0.2, 0) is 10.3 Å². The van der Waals surface area contributed by atoms with Crippen molar-refractivity contribution < 1.29 is 4.79 Å². The van der Waals surface area contributed by atoms with E-state index < -0.39 is 5.54 Å². The first-order valence-corrected chi connectivity index (χ1v) is 6.98. The lowest BCUT2D eigenvalue weighted by Crippen LogP contribution is -2.40. The van der Waals surface area contributed by atoms with Crippen molar-refractivity contribution >= 4 is 35.1 Å². The van der Waals surface area contributed by atoms with Crippen LogP contribution in [0.1, 0.15) is 11.1 Å². The van der Waals surface area contributed by atoms with Gasteiger partial charge in [0, 0.05) is 21.2 Å². The summed E-state index contributed by atoms with van der Waals surface area (Å²) < 4.78 is 0. The van der Waals surface area contributed by atoms with Crippen molar-refractivity contribution in [3.05, 3.63) is 69.7 Å². The molecule has 0 spiro atoms. The maximum atomic E-state index is 12.6. The fourth-order valence-electron chi connectivity index (χ4n) is 2.49.